The van der Waals surface area contributed by atoms with E-state index in [0.717, 1.165) is 4.88 Å². The van der Waals surface area contributed by atoms with Crippen LogP contribution in [0.15, 0.2) is 17.5 Å². The number of aliphatic carboxylic acids is 1. The highest BCUT2D eigenvalue weighted by Gasteiger charge is 2.29. The Balaban J connectivity index is 2.72. The van der Waals surface area contributed by atoms with Crippen molar-refractivity contribution in [1.82, 2.24) is 10.2 Å². The standard InChI is InChI=1S/C15H24N2O3S/c1-10(14(19)20)17(5)9-12(18)16-13(15(2,3)4)11-7-6-8-21-11/h6-8,10,13H,9H2,1-5H3,(H,16,18)(H,19,20). The Morgan fingerprint density at radius 1 is 1.43 bits per heavy atom. The highest BCUT2D eigenvalue weighted by atomic mass is 32.1. The quantitative estimate of drug-likeness (QED) is 0.846. The molecule has 0 radical (unpaired) electrons. The number of amides is 1. The summed E-state index contributed by atoms with van der Waals surface area (Å²) in [5.74, 6) is -1.10. The topological polar surface area (TPSA) is 69.6 Å². The predicted molar refractivity (Wildman–Crippen MR) is 84.4 cm³/mol. The Bertz CT molecular complexity index is 480. The summed E-state index contributed by atoms with van der Waals surface area (Å²) in [5, 5.41) is 14.0. The summed E-state index contributed by atoms with van der Waals surface area (Å²) in [5.41, 5.74) is -0.114. The fourth-order valence-electron chi connectivity index (χ4n) is 1.93. The maximum absolute atomic E-state index is 12.2. The zero-order chi connectivity index (χ0) is 16.2. The van der Waals surface area contributed by atoms with Crippen LogP contribution in [0.5, 0.6) is 0 Å². The van der Waals surface area contributed by atoms with Gasteiger partial charge in [-0.3, -0.25) is 14.5 Å². The molecule has 1 aromatic heterocycles. The lowest BCUT2D eigenvalue weighted by atomic mass is 9.85. The summed E-state index contributed by atoms with van der Waals surface area (Å²) in [6, 6.07) is 3.19. The molecule has 0 aromatic carbocycles. The van der Waals surface area contributed by atoms with Gasteiger partial charge in [0.25, 0.3) is 0 Å². The van der Waals surface area contributed by atoms with Gasteiger partial charge in [0, 0.05) is 4.88 Å². The molecule has 6 heteroatoms. The van der Waals surface area contributed by atoms with Crippen LogP contribution < -0.4 is 5.32 Å². The van der Waals surface area contributed by atoms with Gasteiger partial charge in [-0.1, -0.05) is 26.8 Å². The molecule has 0 saturated carbocycles. The lowest BCUT2D eigenvalue weighted by Gasteiger charge is -2.31. The van der Waals surface area contributed by atoms with Crippen LogP contribution in [0, 0.1) is 5.41 Å². The molecule has 0 saturated heterocycles. The molecule has 1 aromatic rings. The summed E-state index contributed by atoms with van der Waals surface area (Å²) >= 11 is 1.61. The SMILES string of the molecule is CC(C(=O)O)N(C)CC(=O)NC(c1cccs1)C(C)(C)C. The second-order valence-corrected chi connectivity index (χ2v) is 7.29. The van der Waals surface area contributed by atoms with Crippen LogP contribution in [0.1, 0.15) is 38.6 Å². The van der Waals surface area contributed by atoms with Crippen molar-refractivity contribution in [2.75, 3.05) is 13.6 Å². The van der Waals surface area contributed by atoms with Gasteiger partial charge in [-0.2, -0.15) is 0 Å². The number of thiophene rings is 1. The minimum Gasteiger partial charge on any atom is -0.480 e. The van der Waals surface area contributed by atoms with Crippen molar-refractivity contribution in [3.05, 3.63) is 22.4 Å². The molecule has 2 N–H and O–H groups in total. The van der Waals surface area contributed by atoms with Crippen LogP contribution in [0.3, 0.4) is 0 Å². The van der Waals surface area contributed by atoms with Gasteiger partial charge in [-0.25, -0.2) is 0 Å². The van der Waals surface area contributed by atoms with Gasteiger partial charge in [0.2, 0.25) is 5.91 Å². The fraction of sp³-hybridized carbons (Fsp3) is 0.600. The highest BCUT2D eigenvalue weighted by Crippen LogP contribution is 2.34. The van der Waals surface area contributed by atoms with E-state index in [4.69, 9.17) is 5.11 Å². The molecule has 118 valence electrons. The molecule has 2 atom stereocenters. The summed E-state index contributed by atoms with van der Waals surface area (Å²) < 4.78 is 0. The minimum atomic E-state index is -0.934. The molecule has 0 aliphatic rings. The second kappa shape index (κ2) is 7.04. The number of carbonyl (C=O) groups is 2. The maximum Gasteiger partial charge on any atom is 0.320 e. The third kappa shape index (κ3) is 5.13. The molecule has 0 aliphatic heterocycles. The van der Waals surface area contributed by atoms with E-state index >= 15 is 0 Å². The van der Waals surface area contributed by atoms with Crippen molar-refractivity contribution in [2.24, 2.45) is 5.41 Å². The lowest BCUT2D eigenvalue weighted by molar-refractivity contribution is -0.142. The van der Waals surface area contributed by atoms with Gasteiger partial charge in [-0.05, 0) is 30.8 Å². The molecule has 1 rings (SSSR count). The normalized spacial score (nSPS) is 14.8. The van der Waals surface area contributed by atoms with E-state index in [2.05, 4.69) is 26.1 Å². The number of nitrogens with one attached hydrogen (secondary N) is 1. The molecule has 0 bridgehead atoms. The Kier molecular flexibility index (Phi) is 5.92. The van der Waals surface area contributed by atoms with Crippen LogP contribution in [-0.2, 0) is 9.59 Å². The smallest absolute Gasteiger partial charge is 0.320 e. The van der Waals surface area contributed by atoms with Crippen LogP contribution >= 0.6 is 11.3 Å². The van der Waals surface area contributed by atoms with E-state index in [0.29, 0.717) is 0 Å². The molecule has 21 heavy (non-hydrogen) atoms. The summed E-state index contributed by atoms with van der Waals surface area (Å²) in [7, 11) is 1.63. The number of likely N-dealkylation sites (N-methyl/N-ethyl adjacent to an activating group) is 1. The highest BCUT2D eigenvalue weighted by molar-refractivity contribution is 7.10. The van der Waals surface area contributed by atoms with Crippen molar-refractivity contribution in [3.8, 4) is 0 Å². The molecule has 0 spiro atoms. The van der Waals surface area contributed by atoms with Gasteiger partial charge in [-0.15, -0.1) is 11.3 Å². The molecular formula is C15H24N2O3S. The first-order valence-corrected chi connectivity index (χ1v) is 7.76. The number of hydrogen-bond donors (Lipinski definition) is 2. The van der Waals surface area contributed by atoms with E-state index < -0.39 is 12.0 Å². The molecule has 5 nitrogen and oxygen atoms in total. The first kappa shape index (κ1) is 17.7. The Morgan fingerprint density at radius 3 is 2.48 bits per heavy atom. The van der Waals surface area contributed by atoms with E-state index in [1.165, 1.54) is 4.90 Å². The zero-order valence-electron chi connectivity index (χ0n) is 13.2. The number of hydrogen-bond acceptors (Lipinski definition) is 4. The van der Waals surface area contributed by atoms with Crippen LogP contribution in [0.2, 0.25) is 0 Å². The van der Waals surface area contributed by atoms with Gasteiger partial charge >= 0.3 is 5.97 Å². The fourth-order valence-corrected chi connectivity index (χ4v) is 2.95. The molecule has 1 heterocycles. The van der Waals surface area contributed by atoms with Gasteiger partial charge in [0.1, 0.15) is 6.04 Å². The second-order valence-electron chi connectivity index (χ2n) is 6.31. The minimum absolute atomic E-state index is 0.0609. The van der Waals surface area contributed by atoms with Crippen LogP contribution in [-0.4, -0.2) is 41.5 Å². The molecule has 1 amide bonds. The number of carbonyl (C=O) groups excluding carboxylic acids is 1. The molecule has 0 aliphatic carbocycles. The van der Waals surface area contributed by atoms with Crippen LogP contribution in [0.25, 0.3) is 0 Å². The summed E-state index contributed by atoms with van der Waals surface area (Å²) in [4.78, 5) is 25.7. The number of carboxylic acids is 1. The van der Waals surface area contributed by atoms with Gasteiger partial charge in [0.05, 0.1) is 12.6 Å². The average molecular weight is 312 g/mol. The number of rotatable bonds is 6. The molecule has 2 unspecified atom stereocenters. The average Bonchev–Trinajstić information content (AvgIpc) is 2.86. The molecule has 0 fully saturated rings. The van der Waals surface area contributed by atoms with E-state index in [1.807, 2.05) is 17.5 Å². The van der Waals surface area contributed by atoms with Gasteiger partial charge in [0.15, 0.2) is 0 Å². The summed E-state index contributed by atoms with van der Waals surface area (Å²) in [6.07, 6.45) is 0. The van der Waals surface area contributed by atoms with Crippen molar-refractivity contribution in [1.29, 1.82) is 0 Å². The Labute approximate surface area is 130 Å². The number of carboxylic acid groups (broad SMARTS) is 1. The third-order valence-corrected chi connectivity index (χ3v) is 4.35. The Hall–Kier alpha value is -1.40. The number of nitrogens with zero attached hydrogens (tertiary/aromatic N) is 1. The zero-order valence-corrected chi connectivity index (χ0v) is 14.0. The van der Waals surface area contributed by atoms with Crippen LogP contribution in [0.4, 0.5) is 0 Å². The van der Waals surface area contributed by atoms with E-state index in [-0.39, 0.29) is 23.9 Å². The van der Waals surface area contributed by atoms with Crippen molar-refractivity contribution in [2.45, 2.75) is 39.8 Å². The van der Waals surface area contributed by atoms with E-state index in [9.17, 15) is 9.59 Å². The van der Waals surface area contributed by atoms with Gasteiger partial charge < -0.3 is 10.4 Å². The van der Waals surface area contributed by atoms with E-state index in [1.54, 1.807) is 25.3 Å². The summed E-state index contributed by atoms with van der Waals surface area (Å²) in [6.45, 7) is 7.84. The third-order valence-electron chi connectivity index (χ3n) is 3.41. The largest absolute Gasteiger partial charge is 0.480 e. The van der Waals surface area contributed by atoms with Crippen molar-refractivity contribution < 1.29 is 14.7 Å². The predicted octanol–water partition coefficient (Wildman–Crippen LogP) is 2.36. The monoisotopic (exact) mass is 312 g/mol. The molecular weight excluding hydrogens is 288 g/mol. The first-order valence-electron chi connectivity index (χ1n) is 6.88. The van der Waals surface area contributed by atoms with Crippen molar-refractivity contribution >= 4 is 23.2 Å². The van der Waals surface area contributed by atoms with Crippen molar-refractivity contribution in [3.63, 3.8) is 0 Å². The Morgan fingerprint density at radius 2 is 2.05 bits per heavy atom. The lowest BCUT2D eigenvalue weighted by Crippen LogP contribution is -2.45. The maximum atomic E-state index is 12.2. The first-order chi connectivity index (χ1) is 9.62.